The number of hydrogen-bond donors (Lipinski definition) is 1. The summed E-state index contributed by atoms with van der Waals surface area (Å²) in [6.07, 6.45) is 2.37. The molecule has 19 heavy (non-hydrogen) atoms. The molecule has 100 valence electrons. The Bertz CT molecular complexity index is 611. The topological polar surface area (TPSA) is 51.5 Å². The largest absolute Gasteiger partial charge is 0.490 e. The maximum Gasteiger partial charge on any atom is 0.194 e. The van der Waals surface area contributed by atoms with E-state index in [1.54, 1.807) is 6.07 Å². The minimum absolute atomic E-state index is 0.0606. The molecule has 1 aliphatic rings. The second-order valence-electron chi connectivity index (χ2n) is 5.06. The molecule has 0 amide bonds. The molecule has 1 fully saturated rings. The number of carbonyl (C=O) groups is 1. The van der Waals surface area contributed by atoms with Gasteiger partial charge in [0.2, 0.25) is 0 Å². The van der Waals surface area contributed by atoms with Gasteiger partial charge in [0.05, 0.1) is 0 Å². The molecule has 3 rings (SSSR count). The molecule has 0 aliphatic heterocycles. The van der Waals surface area contributed by atoms with E-state index >= 15 is 0 Å². The van der Waals surface area contributed by atoms with Gasteiger partial charge in [-0.05, 0) is 44.2 Å². The van der Waals surface area contributed by atoms with Crippen molar-refractivity contribution in [1.82, 2.24) is 5.32 Å². The zero-order chi connectivity index (χ0) is 13.4. The zero-order valence-corrected chi connectivity index (χ0v) is 11.1. The molecule has 1 heterocycles. The van der Waals surface area contributed by atoms with Crippen LogP contribution in [-0.4, -0.2) is 25.0 Å². The summed E-state index contributed by atoms with van der Waals surface area (Å²) in [5.74, 6) is 1.17. The number of carbonyl (C=O) groups excluding carboxylic acids is 1. The highest BCUT2D eigenvalue weighted by Crippen LogP contribution is 2.29. The van der Waals surface area contributed by atoms with E-state index in [0.29, 0.717) is 11.8 Å². The normalized spacial score (nSPS) is 22.2. The number of ether oxygens (including phenoxy) is 1. The van der Waals surface area contributed by atoms with Crippen LogP contribution in [0, 0.1) is 0 Å². The van der Waals surface area contributed by atoms with Crippen LogP contribution in [0.15, 0.2) is 28.7 Å². The summed E-state index contributed by atoms with van der Waals surface area (Å²) < 4.78 is 11.3. The molecule has 1 saturated carbocycles. The number of rotatable bonds is 4. The Balaban J connectivity index is 1.76. The predicted octanol–water partition coefficient (Wildman–Crippen LogP) is 2.76. The van der Waals surface area contributed by atoms with Crippen LogP contribution >= 0.6 is 0 Å². The third kappa shape index (κ3) is 2.36. The van der Waals surface area contributed by atoms with Gasteiger partial charge in [-0.25, -0.2) is 0 Å². The van der Waals surface area contributed by atoms with Crippen molar-refractivity contribution in [2.24, 2.45) is 0 Å². The lowest BCUT2D eigenvalue weighted by Crippen LogP contribution is -2.45. The Labute approximate surface area is 111 Å². The number of ketones is 1. The Kier molecular flexibility index (Phi) is 3.03. The maximum atomic E-state index is 11.3. The van der Waals surface area contributed by atoms with Crippen molar-refractivity contribution in [3.8, 4) is 5.75 Å². The van der Waals surface area contributed by atoms with E-state index in [1.807, 2.05) is 25.2 Å². The van der Waals surface area contributed by atoms with Gasteiger partial charge in [-0.15, -0.1) is 0 Å². The van der Waals surface area contributed by atoms with Crippen molar-refractivity contribution in [3.05, 3.63) is 30.0 Å². The van der Waals surface area contributed by atoms with E-state index in [9.17, 15) is 4.79 Å². The predicted molar refractivity (Wildman–Crippen MR) is 72.7 cm³/mol. The molecule has 1 aromatic carbocycles. The van der Waals surface area contributed by atoms with E-state index < -0.39 is 0 Å². The highest BCUT2D eigenvalue weighted by atomic mass is 16.5. The summed E-state index contributed by atoms with van der Waals surface area (Å²) >= 11 is 0. The van der Waals surface area contributed by atoms with Gasteiger partial charge in [0.1, 0.15) is 17.4 Å². The summed E-state index contributed by atoms with van der Waals surface area (Å²) in [5, 5.41) is 4.14. The Morgan fingerprint density at radius 1 is 1.37 bits per heavy atom. The van der Waals surface area contributed by atoms with E-state index in [1.165, 1.54) is 6.92 Å². The van der Waals surface area contributed by atoms with Crippen molar-refractivity contribution >= 4 is 16.8 Å². The molecule has 0 saturated heterocycles. The van der Waals surface area contributed by atoms with Crippen LogP contribution in [0.5, 0.6) is 5.75 Å². The quantitative estimate of drug-likeness (QED) is 0.858. The summed E-state index contributed by atoms with van der Waals surface area (Å²) in [7, 11) is 1.97. The highest BCUT2D eigenvalue weighted by molar-refractivity contribution is 5.96. The maximum absolute atomic E-state index is 11.3. The molecule has 0 bridgehead atoms. The van der Waals surface area contributed by atoms with Gasteiger partial charge in [-0.2, -0.15) is 0 Å². The van der Waals surface area contributed by atoms with Crippen molar-refractivity contribution in [2.45, 2.75) is 31.9 Å². The number of Topliss-reactive ketones (excluding diaryl/α,β-unsaturated/α-hetero) is 1. The van der Waals surface area contributed by atoms with Crippen LogP contribution < -0.4 is 10.1 Å². The smallest absolute Gasteiger partial charge is 0.194 e. The minimum Gasteiger partial charge on any atom is -0.490 e. The zero-order valence-electron chi connectivity index (χ0n) is 11.1. The second kappa shape index (κ2) is 4.70. The van der Waals surface area contributed by atoms with E-state index in [4.69, 9.17) is 9.15 Å². The first-order valence-corrected chi connectivity index (χ1v) is 6.54. The minimum atomic E-state index is -0.0606. The first-order chi connectivity index (χ1) is 9.15. The fourth-order valence-corrected chi connectivity index (χ4v) is 2.36. The molecule has 4 nitrogen and oxygen atoms in total. The third-order valence-corrected chi connectivity index (χ3v) is 3.64. The second-order valence-corrected chi connectivity index (χ2v) is 5.06. The van der Waals surface area contributed by atoms with Gasteiger partial charge in [0.15, 0.2) is 11.5 Å². The fraction of sp³-hybridized carbons (Fsp3) is 0.400. The average molecular weight is 259 g/mol. The molecule has 4 heteroatoms. The molecule has 1 aliphatic carbocycles. The van der Waals surface area contributed by atoms with Crippen LogP contribution in [0.1, 0.15) is 30.3 Å². The first kappa shape index (κ1) is 12.2. The van der Waals surface area contributed by atoms with Crippen LogP contribution in [0.4, 0.5) is 0 Å². The lowest BCUT2D eigenvalue weighted by atomic mass is 9.89. The molecule has 1 aromatic heterocycles. The Hall–Kier alpha value is -1.81. The van der Waals surface area contributed by atoms with Crippen molar-refractivity contribution in [2.75, 3.05) is 7.05 Å². The van der Waals surface area contributed by atoms with Gasteiger partial charge in [0.25, 0.3) is 0 Å². The Morgan fingerprint density at radius 3 is 2.84 bits per heavy atom. The molecule has 0 atom stereocenters. The lowest BCUT2D eigenvalue weighted by Gasteiger charge is -2.35. The van der Waals surface area contributed by atoms with Gasteiger partial charge >= 0.3 is 0 Å². The Morgan fingerprint density at radius 2 is 2.16 bits per heavy atom. The van der Waals surface area contributed by atoms with Gasteiger partial charge in [0, 0.05) is 18.4 Å². The number of fused-ring (bicyclic) bond motifs is 1. The van der Waals surface area contributed by atoms with Crippen molar-refractivity contribution < 1.29 is 13.9 Å². The lowest BCUT2D eigenvalue weighted by molar-refractivity contribution is 0.0886. The van der Waals surface area contributed by atoms with Crippen LogP contribution in [-0.2, 0) is 0 Å². The van der Waals surface area contributed by atoms with Gasteiger partial charge in [-0.1, -0.05) is 0 Å². The van der Waals surface area contributed by atoms with Crippen LogP contribution in [0.25, 0.3) is 11.0 Å². The third-order valence-electron chi connectivity index (χ3n) is 3.64. The van der Waals surface area contributed by atoms with E-state index in [0.717, 1.165) is 29.6 Å². The summed E-state index contributed by atoms with van der Waals surface area (Å²) in [4.78, 5) is 11.3. The summed E-state index contributed by atoms with van der Waals surface area (Å²) in [6, 6.07) is 8.01. The SMILES string of the molecule is CN[C@H]1C[C@@H](Oc2ccc3oc(C(C)=O)cc3c2)C1. The molecule has 0 spiro atoms. The standard InChI is InChI=1S/C15H17NO3/c1-9(17)15-6-10-5-12(3-4-14(10)19-15)18-13-7-11(8-13)16-2/h3-6,11,13,16H,7-8H2,1-2H3/t11-,13+. The van der Waals surface area contributed by atoms with Crippen molar-refractivity contribution in [3.63, 3.8) is 0 Å². The highest BCUT2D eigenvalue weighted by Gasteiger charge is 2.29. The molecular formula is C15H17NO3. The number of furan rings is 1. The molecule has 0 unspecified atom stereocenters. The molecule has 2 aromatic rings. The molecule has 1 N–H and O–H groups in total. The van der Waals surface area contributed by atoms with E-state index in [2.05, 4.69) is 5.32 Å². The van der Waals surface area contributed by atoms with Crippen molar-refractivity contribution in [1.29, 1.82) is 0 Å². The number of hydrogen-bond acceptors (Lipinski definition) is 4. The van der Waals surface area contributed by atoms with Gasteiger partial charge in [-0.3, -0.25) is 4.79 Å². The monoisotopic (exact) mass is 259 g/mol. The molecule has 0 radical (unpaired) electrons. The van der Waals surface area contributed by atoms with Crippen LogP contribution in [0.3, 0.4) is 0 Å². The average Bonchev–Trinajstić information content (AvgIpc) is 2.76. The number of nitrogens with one attached hydrogen (secondary N) is 1. The summed E-state index contributed by atoms with van der Waals surface area (Å²) in [6.45, 7) is 1.50. The van der Waals surface area contributed by atoms with E-state index in [-0.39, 0.29) is 11.9 Å². The summed E-state index contributed by atoms with van der Waals surface area (Å²) in [5.41, 5.74) is 0.722. The fourth-order valence-electron chi connectivity index (χ4n) is 2.36. The number of benzene rings is 1. The first-order valence-electron chi connectivity index (χ1n) is 6.54. The molecular weight excluding hydrogens is 242 g/mol. The van der Waals surface area contributed by atoms with Crippen LogP contribution in [0.2, 0.25) is 0 Å². The van der Waals surface area contributed by atoms with Gasteiger partial charge < -0.3 is 14.5 Å².